The second-order valence-corrected chi connectivity index (χ2v) is 10.3. The fraction of sp³-hybridized carbons (Fsp3) is 0.571. The lowest BCUT2D eigenvalue weighted by Crippen LogP contribution is -2.42. The van der Waals surface area contributed by atoms with Crippen molar-refractivity contribution >= 4 is 39.8 Å². The van der Waals surface area contributed by atoms with E-state index in [1.807, 2.05) is 6.92 Å². The zero-order valence-corrected chi connectivity index (χ0v) is 20.0. The molecule has 0 aliphatic carbocycles. The Morgan fingerprint density at radius 3 is 2.79 bits per heavy atom. The minimum Gasteiger partial charge on any atom is -0.356 e. The molecule has 7 heteroatoms. The summed E-state index contributed by atoms with van der Waals surface area (Å²) in [6.45, 7) is 11.2. The number of likely N-dealkylation sites (tertiary alicyclic amines) is 1. The maximum absolute atomic E-state index is 11.7. The highest BCUT2D eigenvalue weighted by atomic mass is 127. The molecule has 0 radical (unpaired) electrons. The molecule has 2 aliphatic heterocycles. The molecule has 1 aromatic carbocycles. The van der Waals surface area contributed by atoms with Crippen molar-refractivity contribution in [3.8, 4) is 0 Å². The van der Waals surface area contributed by atoms with E-state index in [1.54, 1.807) is 0 Å². The van der Waals surface area contributed by atoms with Gasteiger partial charge in [-0.25, -0.2) is 13.4 Å². The molecule has 2 unspecified atom stereocenters. The van der Waals surface area contributed by atoms with Crippen LogP contribution in [0.4, 0.5) is 0 Å². The molecular formula is C21H32IN3O2S. The number of nitrogens with zero attached hydrogens (tertiary/aromatic N) is 2. The van der Waals surface area contributed by atoms with Gasteiger partial charge in [0, 0.05) is 25.6 Å². The van der Waals surface area contributed by atoms with Crippen molar-refractivity contribution in [2.45, 2.75) is 32.6 Å². The van der Waals surface area contributed by atoms with Crippen molar-refractivity contribution in [1.29, 1.82) is 0 Å². The standard InChI is InChI=1S/C21H31N3O2S.HI/c1-16(2)12-22-21(23-13-18-8-10-27(25,26)15-18)24-9-7-20(14-24)19-6-4-5-17(3)11-19;/h4-6,11,18,20H,1,7-10,12-15H2,2-3H3,(H,22,23);1H. The van der Waals surface area contributed by atoms with Gasteiger partial charge in [0.05, 0.1) is 18.1 Å². The van der Waals surface area contributed by atoms with Crippen LogP contribution in [0.15, 0.2) is 41.4 Å². The van der Waals surface area contributed by atoms with Gasteiger partial charge in [-0.1, -0.05) is 42.0 Å². The van der Waals surface area contributed by atoms with Crippen LogP contribution in [0.2, 0.25) is 0 Å². The number of sulfone groups is 1. The summed E-state index contributed by atoms with van der Waals surface area (Å²) in [5.41, 5.74) is 3.70. The summed E-state index contributed by atoms with van der Waals surface area (Å²) in [5.74, 6) is 2.18. The third-order valence-corrected chi connectivity index (χ3v) is 7.21. The minimum absolute atomic E-state index is 0. The highest BCUT2D eigenvalue weighted by Gasteiger charge is 2.30. The van der Waals surface area contributed by atoms with Gasteiger partial charge < -0.3 is 10.2 Å². The third-order valence-electron chi connectivity index (χ3n) is 5.38. The highest BCUT2D eigenvalue weighted by Crippen LogP contribution is 2.28. The van der Waals surface area contributed by atoms with E-state index >= 15 is 0 Å². The van der Waals surface area contributed by atoms with E-state index in [2.05, 4.69) is 48.0 Å². The van der Waals surface area contributed by atoms with Gasteiger partial charge in [-0.05, 0) is 38.2 Å². The van der Waals surface area contributed by atoms with Gasteiger partial charge in [-0.2, -0.15) is 0 Å². The Morgan fingerprint density at radius 2 is 2.14 bits per heavy atom. The summed E-state index contributed by atoms with van der Waals surface area (Å²) in [7, 11) is -2.84. The number of hydrogen-bond donors (Lipinski definition) is 1. The van der Waals surface area contributed by atoms with Gasteiger partial charge >= 0.3 is 0 Å². The molecule has 0 bridgehead atoms. The Bertz CT molecular complexity index is 823. The summed E-state index contributed by atoms with van der Waals surface area (Å²) < 4.78 is 23.4. The number of hydrogen-bond acceptors (Lipinski definition) is 3. The zero-order valence-electron chi connectivity index (χ0n) is 16.9. The van der Waals surface area contributed by atoms with Crippen LogP contribution < -0.4 is 5.32 Å². The first-order valence-corrected chi connectivity index (χ1v) is 11.6. The van der Waals surface area contributed by atoms with E-state index in [0.29, 0.717) is 30.5 Å². The maximum Gasteiger partial charge on any atom is 0.194 e. The second-order valence-electron chi connectivity index (χ2n) is 8.09. The van der Waals surface area contributed by atoms with Crippen LogP contribution in [-0.2, 0) is 9.84 Å². The van der Waals surface area contributed by atoms with E-state index < -0.39 is 9.84 Å². The second kappa shape index (κ2) is 10.1. The van der Waals surface area contributed by atoms with Crippen LogP contribution in [-0.4, -0.2) is 57.0 Å². The molecule has 0 saturated carbocycles. The molecule has 2 saturated heterocycles. The first-order chi connectivity index (χ1) is 12.8. The number of halogens is 1. The zero-order chi connectivity index (χ0) is 19.4. The lowest BCUT2D eigenvalue weighted by atomic mass is 9.97. The lowest BCUT2D eigenvalue weighted by Gasteiger charge is -2.23. The topological polar surface area (TPSA) is 61.8 Å². The fourth-order valence-electron chi connectivity index (χ4n) is 3.89. The van der Waals surface area contributed by atoms with Crippen molar-refractivity contribution in [3.63, 3.8) is 0 Å². The van der Waals surface area contributed by atoms with Crippen LogP contribution in [0.5, 0.6) is 0 Å². The Hall–Kier alpha value is -1.09. The van der Waals surface area contributed by atoms with Gasteiger partial charge in [0.15, 0.2) is 15.8 Å². The summed E-state index contributed by atoms with van der Waals surface area (Å²) in [5, 5.41) is 3.45. The number of aliphatic imine (C=N–C) groups is 1. The smallest absolute Gasteiger partial charge is 0.194 e. The van der Waals surface area contributed by atoms with E-state index in [1.165, 1.54) is 11.1 Å². The van der Waals surface area contributed by atoms with Crippen LogP contribution in [0, 0.1) is 12.8 Å². The van der Waals surface area contributed by atoms with Crippen molar-refractivity contribution in [1.82, 2.24) is 10.2 Å². The molecule has 5 nitrogen and oxygen atoms in total. The number of rotatable bonds is 5. The van der Waals surface area contributed by atoms with Crippen LogP contribution >= 0.6 is 24.0 Å². The molecule has 1 aromatic rings. The maximum atomic E-state index is 11.7. The van der Waals surface area contributed by atoms with Crippen molar-refractivity contribution in [3.05, 3.63) is 47.5 Å². The third kappa shape index (κ3) is 6.47. The van der Waals surface area contributed by atoms with Crippen molar-refractivity contribution in [2.75, 3.05) is 37.7 Å². The SMILES string of the molecule is C=C(C)CN=C(NCC1CCS(=O)(=O)C1)N1CCC(c2cccc(C)c2)C1.I. The molecule has 2 fully saturated rings. The minimum atomic E-state index is -2.84. The predicted octanol–water partition coefficient (Wildman–Crippen LogP) is 3.36. The molecule has 2 aliphatic rings. The number of guanidine groups is 1. The molecule has 2 atom stereocenters. The molecule has 0 spiro atoms. The van der Waals surface area contributed by atoms with E-state index in [0.717, 1.165) is 37.5 Å². The van der Waals surface area contributed by atoms with Gasteiger partial charge in [-0.3, -0.25) is 0 Å². The number of nitrogens with one attached hydrogen (secondary N) is 1. The molecular weight excluding hydrogens is 485 g/mol. The van der Waals surface area contributed by atoms with E-state index in [4.69, 9.17) is 4.99 Å². The largest absolute Gasteiger partial charge is 0.356 e. The monoisotopic (exact) mass is 517 g/mol. The molecule has 156 valence electrons. The average molecular weight is 517 g/mol. The molecule has 2 heterocycles. The summed E-state index contributed by atoms with van der Waals surface area (Å²) in [6.07, 6.45) is 1.85. The molecule has 28 heavy (non-hydrogen) atoms. The van der Waals surface area contributed by atoms with E-state index in [-0.39, 0.29) is 29.9 Å². The summed E-state index contributed by atoms with van der Waals surface area (Å²) >= 11 is 0. The molecule has 0 aromatic heterocycles. The Labute approximate surface area is 186 Å². The highest BCUT2D eigenvalue weighted by molar-refractivity contribution is 14.0. The number of benzene rings is 1. The summed E-state index contributed by atoms with van der Waals surface area (Å²) in [6, 6.07) is 8.74. The van der Waals surface area contributed by atoms with Crippen LogP contribution in [0.25, 0.3) is 0 Å². The summed E-state index contributed by atoms with van der Waals surface area (Å²) in [4.78, 5) is 7.04. The molecule has 1 N–H and O–H groups in total. The Balaban J connectivity index is 0.00000280. The van der Waals surface area contributed by atoms with Gasteiger partial charge in [-0.15, -0.1) is 24.0 Å². The molecule has 3 rings (SSSR count). The van der Waals surface area contributed by atoms with Crippen LogP contribution in [0.3, 0.4) is 0 Å². The van der Waals surface area contributed by atoms with E-state index in [9.17, 15) is 8.42 Å². The normalized spacial score (nSPS) is 24.1. The van der Waals surface area contributed by atoms with Gasteiger partial charge in [0.2, 0.25) is 0 Å². The average Bonchev–Trinajstić information content (AvgIpc) is 3.21. The molecule has 0 amide bonds. The van der Waals surface area contributed by atoms with Gasteiger partial charge in [0.1, 0.15) is 0 Å². The first kappa shape index (κ1) is 23.2. The van der Waals surface area contributed by atoms with Gasteiger partial charge in [0.25, 0.3) is 0 Å². The van der Waals surface area contributed by atoms with Crippen molar-refractivity contribution in [2.24, 2.45) is 10.9 Å². The van der Waals surface area contributed by atoms with Crippen LogP contribution in [0.1, 0.15) is 36.8 Å². The quantitative estimate of drug-likeness (QED) is 0.282. The fourth-order valence-corrected chi connectivity index (χ4v) is 5.76. The first-order valence-electron chi connectivity index (χ1n) is 9.77. The Morgan fingerprint density at radius 1 is 1.36 bits per heavy atom. The lowest BCUT2D eigenvalue weighted by molar-refractivity contribution is 0.470. The Kier molecular flexibility index (Phi) is 8.36. The number of aryl methyl sites for hydroxylation is 1. The predicted molar refractivity (Wildman–Crippen MR) is 127 cm³/mol. The van der Waals surface area contributed by atoms with Crippen molar-refractivity contribution < 1.29 is 8.42 Å².